The highest BCUT2D eigenvalue weighted by atomic mass is 32.1. The Morgan fingerprint density at radius 1 is 1.58 bits per heavy atom. The highest BCUT2D eigenvalue weighted by molar-refractivity contribution is 7.09. The van der Waals surface area contributed by atoms with Gasteiger partial charge in [-0.2, -0.15) is 0 Å². The van der Waals surface area contributed by atoms with Crippen LogP contribution in [0, 0.1) is 0 Å². The van der Waals surface area contributed by atoms with Crippen LogP contribution in [0.15, 0.2) is 5.38 Å². The number of nitrogens with zero attached hydrogens (tertiary/aromatic N) is 2. The molecular formula is C11H17N3O4S. The van der Waals surface area contributed by atoms with Gasteiger partial charge in [0.1, 0.15) is 5.01 Å². The monoisotopic (exact) mass is 287 g/mol. The standard InChI is InChI=1S/C11H17N3O4S/c1-3-18-5-4-14(2)11(17)12-6-9-13-8(7-19-9)10(15)16/h7H,3-6H2,1-2H3,(H,12,17)(H,15,16). The lowest BCUT2D eigenvalue weighted by atomic mass is 10.5. The van der Waals surface area contributed by atoms with E-state index < -0.39 is 5.97 Å². The van der Waals surface area contributed by atoms with E-state index in [1.807, 2.05) is 6.92 Å². The van der Waals surface area contributed by atoms with Crippen molar-refractivity contribution in [1.29, 1.82) is 0 Å². The quantitative estimate of drug-likeness (QED) is 0.730. The van der Waals surface area contributed by atoms with E-state index in [1.165, 1.54) is 21.6 Å². The second-order valence-electron chi connectivity index (χ2n) is 3.71. The zero-order valence-corrected chi connectivity index (χ0v) is 11.7. The lowest BCUT2D eigenvalue weighted by Gasteiger charge is -2.17. The van der Waals surface area contributed by atoms with Crippen LogP contribution in [-0.2, 0) is 11.3 Å². The number of thiazole rings is 1. The zero-order valence-electron chi connectivity index (χ0n) is 10.9. The number of hydrogen-bond acceptors (Lipinski definition) is 5. The molecule has 8 heteroatoms. The molecule has 1 aromatic heterocycles. The Morgan fingerprint density at radius 2 is 2.32 bits per heavy atom. The summed E-state index contributed by atoms with van der Waals surface area (Å²) in [5.41, 5.74) is -0.000973. The van der Waals surface area contributed by atoms with Gasteiger partial charge in [0, 0.05) is 25.6 Å². The number of aromatic carboxylic acids is 1. The molecule has 1 rings (SSSR count). The van der Waals surface area contributed by atoms with Gasteiger partial charge >= 0.3 is 12.0 Å². The summed E-state index contributed by atoms with van der Waals surface area (Å²) in [4.78, 5) is 27.7. The van der Waals surface area contributed by atoms with E-state index in [-0.39, 0.29) is 18.3 Å². The minimum Gasteiger partial charge on any atom is -0.476 e. The molecule has 0 aliphatic carbocycles. The van der Waals surface area contributed by atoms with Crippen molar-refractivity contribution in [2.75, 3.05) is 26.8 Å². The summed E-state index contributed by atoms with van der Waals surface area (Å²) in [7, 11) is 1.67. The van der Waals surface area contributed by atoms with E-state index in [2.05, 4.69) is 10.3 Å². The lowest BCUT2D eigenvalue weighted by molar-refractivity contribution is 0.0691. The maximum Gasteiger partial charge on any atom is 0.355 e. The van der Waals surface area contributed by atoms with Crippen molar-refractivity contribution in [3.8, 4) is 0 Å². The maximum atomic E-state index is 11.7. The molecule has 106 valence electrons. The topological polar surface area (TPSA) is 91.8 Å². The highest BCUT2D eigenvalue weighted by Crippen LogP contribution is 2.09. The van der Waals surface area contributed by atoms with E-state index in [0.717, 1.165) is 0 Å². The van der Waals surface area contributed by atoms with Crippen molar-refractivity contribution in [2.24, 2.45) is 0 Å². The molecule has 1 aromatic rings. The predicted octanol–water partition coefficient (Wildman–Crippen LogP) is 1.02. The fraction of sp³-hybridized carbons (Fsp3) is 0.545. The van der Waals surface area contributed by atoms with Crippen molar-refractivity contribution in [3.05, 3.63) is 16.1 Å². The third kappa shape index (κ3) is 5.23. The second-order valence-corrected chi connectivity index (χ2v) is 4.65. The molecule has 1 heterocycles. The fourth-order valence-corrected chi connectivity index (χ4v) is 1.93. The van der Waals surface area contributed by atoms with Crippen LogP contribution in [0.1, 0.15) is 22.4 Å². The maximum absolute atomic E-state index is 11.7. The summed E-state index contributed by atoms with van der Waals surface area (Å²) in [6.45, 7) is 3.71. The molecule has 7 nitrogen and oxygen atoms in total. The summed E-state index contributed by atoms with van der Waals surface area (Å²) < 4.78 is 5.15. The number of carbonyl (C=O) groups excluding carboxylic acids is 1. The Balaban J connectivity index is 2.34. The fourth-order valence-electron chi connectivity index (χ4n) is 1.22. The molecule has 0 aromatic carbocycles. The Labute approximate surface area is 115 Å². The molecule has 0 radical (unpaired) electrons. The van der Waals surface area contributed by atoms with Gasteiger partial charge in [-0.15, -0.1) is 11.3 Å². The molecule has 0 atom stereocenters. The summed E-state index contributed by atoms with van der Waals surface area (Å²) in [5, 5.41) is 13.4. The molecular weight excluding hydrogens is 270 g/mol. The first-order valence-electron chi connectivity index (χ1n) is 5.79. The van der Waals surface area contributed by atoms with Gasteiger partial charge < -0.3 is 20.1 Å². The number of aromatic nitrogens is 1. The van der Waals surface area contributed by atoms with Crippen molar-refractivity contribution in [3.63, 3.8) is 0 Å². The minimum absolute atomic E-state index is 0.000973. The second kappa shape index (κ2) is 7.70. The van der Waals surface area contributed by atoms with Crippen LogP contribution < -0.4 is 5.32 Å². The third-order valence-corrected chi connectivity index (χ3v) is 3.13. The van der Waals surface area contributed by atoms with Crippen molar-refractivity contribution >= 4 is 23.3 Å². The number of carboxylic acid groups (broad SMARTS) is 1. The lowest BCUT2D eigenvalue weighted by Crippen LogP contribution is -2.38. The van der Waals surface area contributed by atoms with Crippen LogP contribution >= 0.6 is 11.3 Å². The summed E-state index contributed by atoms with van der Waals surface area (Å²) in [5.74, 6) is -1.07. The summed E-state index contributed by atoms with van der Waals surface area (Å²) in [6.07, 6.45) is 0. The van der Waals surface area contributed by atoms with Gasteiger partial charge in [0.15, 0.2) is 5.69 Å². The van der Waals surface area contributed by atoms with Crippen LogP contribution in [0.25, 0.3) is 0 Å². The third-order valence-electron chi connectivity index (χ3n) is 2.28. The minimum atomic E-state index is -1.07. The largest absolute Gasteiger partial charge is 0.476 e. The SMILES string of the molecule is CCOCCN(C)C(=O)NCc1nc(C(=O)O)cs1. The Kier molecular flexibility index (Phi) is 6.23. The number of rotatable bonds is 7. The van der Waals surface area contributed by atoms with Gasteiger partial charge in [-0.1, -0.05) is 0 Å². The Morgan fingerprint density at radius 3 is 2.89 bits per heavy atom. The number of amides is 2. The highest BCUT2D eigenvalue weighted by Gasteiger charge is 2.11. The van der Waals surface area contributed by atoms with Gasteiger partial charge in [0.05, 0.1) is 13.2 Å². The van der Waals surface area contributed by atoms with Gasteiger partial charge in [0.2, 0.25) is 0 Å². The Hall–Kier alpha value is -1.67. The molecule has 0 aliphatic rings. The van der Waals surface area contributed by atoms with E-state index in [0.29, 0.717) is 24.8 Å². The smallest absolute Gasteiger partial charge is 0.355 e. The molecule has 19 heavy (non-hydrogen) atoms. The number of likely N-dealkylation sites (N-methyl/N-ethyl adjacent to an activating group) is 1. The zero-order chi connectivity index (χ0) is 14.3. The van der Waals surface area contributed by atoms with Crippen LogP contribution in [0.3, 0.4) is 0 Å². The van der Waals surface area contributed by atoms with Gasteiger partial charge in [0.25, 0.3) is 0 Å². The van der Waals surface area contributed by atoms with E-state index >= 15 is 0 Å². The van der Waals surface area contributed by atoms with Crippen molar-refractivity contribution in [2.45, 2.75) is 13.5 Å². The first kappa shape index (κ1) is 15.4. The molecule has 0 bridgehead atoms. The van der Waals surface area contributed by atoms with Crippen LogP contribution in [0.5, 0.6) is 0 Å². The first-order chi connectivity index (χ1) is 9.04. The number of urea groups is 1. The van der Waals surface area contributed by atoms with Gasteiger partial charge in [-0.25, -0.2) is 14.6 Å². The molecule has 0 saturated heterocycles. The van der Waals surface area contributed by atoms with Crippen LogP contribution in [-0.4, -0.2) is 53.8 Å². The number of hydrogen-bond donors (Lipinski definition) is 2. The molecule has 0 aliphatic heterocycles. The average molecular weight is 287 g/mol. The molecule has 0 unspecified atom stereocenters. The van der Waals surface area contributed by atoms with E-state index in [9.17, 15) is 9.59 Å². The number of carboxylic acids is 1. The number of ether oxygens (including phenoxy) is 1. The van der Waals surface area contributed by atoms with Crippen LogP contribution in [0.4, 0.5) is 4.79 Å². The van der Waals surface area contributed by atoms with Gasteiger partial charge in [-0.05, 0) is 6.92 Å². The number of nitrogens with one attached hydrogen (secondary N) is 1. The van der Waals surface area contributed by atoms with Gasteiger partial charge in [-0.3, -0.25) is 0 Å². The normalized spacial score (nSPS) is 10.2. The van der Waals surface area contributed by atoms with E-state index in [4.69, 9.17) is 9.84 Å². The molecule has 0 saturated carbocycles. The van der Waals surface area contributed by atoms with Crippen LogP contribution in [0.2, 0.25) is 0 Å². The number of carbonyl (C=O) groups is 2. The average Bonchev–Trinajstić information content (AvgIpc) is 2.85. The molecule has 0 spiro atoms. The molecule has 2 N–H and O–H groups in total. The van der Waals surface area contributed by atoms with Crippen molar-refractivity contribution < 1.29 is 19.4 Å². The Bertz CT molecular complexity index is 435. The predicted molar refractivity (Wildman–Crippen MR) is 70.4 cm³/mol. The van der Waals surface area contributed by atoms with E-state index in [1.54, 1.807) is 7.05 Å². The summed E-state index contributed by atoms with van der Waals surface area (Å²) >= 11 is 1.20. The summed E-state index contributed by atoms with van der Waals surface area (Å²) in [6, 6.07) is -0.244. The molecule has 0 fully saturated rings. The first-order valence-corrected chi connectivity index (χ1v) is 6.67. The van der Waals surface area contributed by atoms with Crippen molar-refractivity contribution in [1.82, 2.24) is 15.2 Å². The molecule has 2 amide bonds.